The van der Waals surface area contributed by atoms with Crippen LogP contribution in [-0.4, -0.2) is 76.7 Å². The number of hydrogen-bond donors (Lipinski definition) is 0. The van der Waals surface area contributed by atoms with Crippen LogP contribution < -0.4 is 20.4 Å². The molecule has 284 valence electrons. The molecule has 4 heterocycles. The van der Waals surface area contributed by atoms with Crippen LogP contribution in [0.3, 0.4) is 0 Å². The number of hydrogen-bond acceptors (Lipinski definition) is 12. The molecular weight excluding hydrogens is 853 g/mol. The minimum Gasteiger partial charge on any atom is -0.550 e. The fraction of sp³-hybridized carbons (Fsp3) is 0.133. The minimum atomic E-state index is -1.08. The molecule has 4 aromatic rings. The quantitative estimate of drug-likeness (QED) is 0.173. The summed E-state index contributed by atoms with van der Waals surface area (Å²) in [6.45, 7) is 3.89. The van der Waals surface area contributed by atoms with Crippen molar-refractivity contribution in [2.75, 3.05) is 0 Å². The first-order valence-corrected chi connectivity index (χ1v) is 12.0. The van der Waals surface area contributed by atoms with Gasteiger partial charge in [0.1, 0.15) is 0 Å². The molecule has 0 saturated carbocycles. The Kier molecular flexibility index (Phi) is 54.6. The van der Waals surface area contributed by atoms with E-state index in [1.54, 1.807) is 24.8 Å². The molecule has 0 aliphatic carbocycles. The van der Waals surface area contributed by atoms with Gasteiger partial charge in [0.25, 0.3) is 0 Å². The molecule has 0 radical (unpaired) electrons. The van der Waals surface area contributed by atoms with Gasteiger partial charge in [-0.1, -0.05) is 24.3 Å². The Labute approximate surface area is 315 Å². The van der Waals surface area contributed by atoms with Crippen molar-refractivity contribution in [2.24, 2.45) is 0 Å². The third kappa shape index (κ3) is 34.6. The van der Waals surface area contributed by atoms with Gasteiger partial charge in [-0.2, -0.15) is 0 Å². The standard InChI is InChI=1S/C22H16N4.4C2H4O2.6H2O.2Pd/c1-5-13-23-17(9-1)21(18-10-2-6-14-24-18)22(19-11-3-7-15-25-19)20-12-4-8-16-26-20;4*1-2(3)4;;;;;;;;/h1-16H;4*1H3,(H,3,4);6*1H2;;/q;;;;;;;;;;;2*+2/p-4. The van der Waals surface area contributed by atoms with Gasteiger partial charge in [-0.05, 0) is 76.2 Å². The molecular formula is C30H40N4O14Pd2. The Morgan fingerprint density at radius 3 is 0.620 bits per heavy atom. The molecule has 0 unspecified atom stereocenters. The fourth-order valence-corrected chi connectivity index (χ4v) is 2.82. The first-order valence-electron chi connectivity index (χ1n) is 12.0. The van der Waals surface area contributed by atoms with Gasteiger partial charge in [0.15, 0.2) is 0 Å². The number of carboxylic acid groups (broad SMARTS) is 4. The maximum Gasteiger partial charge on any atom is 2.00 e. The van der Waals surface area contributed by atoms with Gasteiger partial charge in [0.05, 0.1) is 22.8 Å². The number of carbonyl (C=O) groups is 4. The van der Waals surface area contributed by atoms with Crippen LogP contribution in [0.25, 0.3) is 11.1 Å². The molecule has 0 spiro atoms. The van der Waals surface area contributed by atoms with Crippen LogP contribution in [0.4, 0.5) is 0 Å². The van der Waals surface area contributed by atoms with Crippen LogP contribution in [0.15, 0.2) is 97.6 Å². The van der Waals surface area contributed by atoms with Crippen molar-refractivity contribution in [1.29, 1.82) is 0 Å². The van der Waals surface area contributed by atoms with Crippen LogP contribution in [0.1, 0.15) is 50.5 Å². The zero-order chi connectivity index (χ0) is 31.9. The van der Waals surface area contributed by atoms with Gasteiger partial charge >= 0.3 is 40.8 Å². The normalized spacial score (nSPS) is 7.36. The van der Waals surface area contributed by atoms with Crippen LogP contribution in [0, 0.1) is 0 Å². The number of carbonyl (C=O) groups excluding carboxylic acids is 4. The SMILES string of the molecule is CC(=O)[O-].CC(=O)[O-].CC(=O)[O-].CC(=O)[O-].O.O.O.O.O.O.[Pd+2].[Pd+2].c1ccc(C(=C(c2ccccn2)c2ccccn2)c2ccccn2)nc1. The molecule has 0 fully saturated rings. The van der Waals surface area contributed by atoms with Crippen molar-refractivity contribution < 1.29 is 113 Å². The molecule has 18 nitrogen and oxygen atoms in total. The molecule has 0 aliphatic rings. The Morgan fingerprint density at radius 1 is 0.380 bits per heavy atom. The van der Waals surface area contributed by atoms with E-state index in [2.05, 4.69) is 19.9 Å². The van der Waals surface area contributed by atoms with Gasteiger partial charge in [0.2, 0.25) is 0 Å². The first kappa shape index (κ1) is 67.5. The molecule has 0 atom stereocenters. The van der Waals surface area contributed by atoms with Gasteiger partial charge in [-0.25, -0.2) is 0 Å². The van der Waals surface area contributed by atoms with E-state index in [0.29, 0.717) is 0 Å². The van der Waals surface area contributed by atoms with Gasteiger partial charge in [0, 0.05) is 59.8 Å². The largest absolute Gasteiger partial charge is 2.00 e. The second-order valence-electron chi connectivity index (χ2n) is 7.58. The van der Waals surface area contributed by atoms with Crippen LogP contribution in [0.5, 0.6) is 0 Å². The summed E-state index contributed by atoms with van der Waals surface area (Å²) in [6.07, 6.45) is 7.14. The fourth-order valence-electron chi connectivity index (χ4n) is 2.82. The second-order valence-corrected chi connectivity index (χ2v) is 7.58. The van der Waals surface area contributed by atoms with E-state index >= 15 is 0 Å². The Hall–Kier alpha value is -4.70. The third-order valence-corrected chi connectivity index (χ3v) is 3.93. The van der Waals surface area contributed by atoms with E-state index in [1.807, 2.05) is 72.8 Å². The summed E-state index contributed by atoms with van der Waals surface area (Å²) in [5.74, 6) is -4.33. The van der Waals surface area contributed by atoms with E-state index in [4.69, 9.17) is 39.6 Å². The molecule has 20 heteroatoms. The predicted octanol–water partition coefficient (Wildman–Crippen LogP) is -5.65. The van der Waals surface area contributed by atoms with Gasteiger partial charge < -0.3 is 72.5 Å². The van der Waals surface area contributed by atoms with Crippen molar-refractivity contribution in [3.05, 3.63) is 120 Å². The van der Waals surface area contributed by atoms with Gasteiger partial charge in [-0.3, -0.25) is 19.9 Å². The topological polar surface area (TPSA) is 401 Å². The van der Waals surface area contributed by atoms with Gasteiger partial charge in [-0.15, -0.1) is 0 Å². The monoisotopic (exact) mass is 892 g/mol. The second kappa shape index (κ2) is 40.5. The van der Waals surface area contributed by atoms with E-state index < -0.39 is 23.9 Å². The summed E-state index contributed by atoms with van der Waals surface area (Å²) in [7, 11) is 0. The average molecular weight is 894 g/mol. The maximum atomic E-state index is 8.89. The first-order chi connectivity index (χ1) is 19.9. The smallest absolute Gasteiger partial charge is 0.550 e. The predicted molar refractivity (Wildman–Crippen MR) is 166 cm³/mol. The van der Waals surface area contributed by atoms with E-state index in [1.165, 1.54) is 0 Å². The summed E-state index contributed by atoms with van der Waals surface area (Å²) < 4.78 is 0. The summed E-state index contributed by atoms with van der Waals surface area (Å²) in [5, 5.41) is 35.6. The number of pyridine rings is 4. The molecule has 0 aromatic carbocycles. The Bertz CT molecular complexity index is 1190. The third-order valence-electron chi connectivity index (χ3n) is 3.93. The number of aliphatic carboxylic acids is 4. The Morgan fingerprint density at radius 2 is 0.520 bits per heavy atom. The zero-order valence-corrected chi connectivity index (χ0v) is 30.0. The van der Waals surface area contributed by atoms with E-state index in [-0.39, 0.29) is 73.7 Å². The molecule has 0 amide bonds. The van der Waals surface area contributed by atoms with Crippen LogP contribution >= 0.6 is 0 Å². The average Bonchev–Trinajstić information content (AvgIpc) is 2.92. The Balaban J connectivity index is -0.0000000861. The van der Waals surface area contributed by atoms with Crippen molar-refractivity contribution in [1.82, 2.24) is 19.9 Å². The molecule has 0 saturated heterocycles. The van der Waals surface area contributed by atoms with Crippen molar-refractivity contribution in [3.63, 3.8) is 0 Å². The van der Waals surface area contributed by atoms with Crippen molar-refractivity contribution in [2.45, 2.75) is 27.7 Å². The molecule has 50 heavy (non-hydrogen) atoms. The minimum absolute atomic E-state index is 0. The summed E-state index contributed by atoms with van der Waals surface area (Å²) in [6, 6.07) is 23.4. The molecule has 0 bridgehead atoms. The number of carboxylic acids is 4. The number of nitrogens with zero attached hydrogens (tertiary/aromatic N) is 4. The maximum absolute atomic E-state index is 8.89. The molecule has 4 rings (SSSR count). The van der Waals surface area contributed by atoms with Crippen LogP contribution in [-0.2, 0) is 60.0 Å². The van der Waals surface area contributed by atoms with Crippen LogP contribution in [0.2, 0.25) is 0 Å². The molecule has 4 aromatic heterocycles. The zero-order valence-electron chi connectivity index (χ0n) is 26.9. The van der Waals surface area contributed by atoms with Crippen molar-refractivity contribution >= 4 is 35.0 Å². The summed E-state index contributed by atoms with van der Waals surface area (Å²) in [4.78, 5) is 53.9. The van der Waals surface area contributed by atoms with E-state index in [9.17, 15) is 0 Å². The van der Waals surface area contributed by atoms with Crippen molar-refractivity contribution in [3.8, 4) is 0 Å². The molecule has 0 aliphatic heterocycles. The number of aromatic nitrogens is 4. The molecule has 12 N–H and O–H groups in total. The van der Waals surface area contributed by atoms with E-state index in [0.717, 1.165) is 61.6 Å². The number of rotatable bonds is 4. The summed E-state index contributed by atoms with van der Waals surface area (Å²) in [5.41, 5.74) is 5.14. The summed E-state index contributed by atoms with van der Waals surface area (Å²) >= 11 is 0.